The zero-order chi connectivity index (χ0) is 14.1. The molecule has 0 spiro atoms. The Kier molecular flexibility index (Phi) is 3.58. The zero-order valence-corrected chi connectivity index (χ0v) is 12.0. The van der Waals surface area contributed by atoms with E-state index in [2.05, 4.69) is 10.1 Å². The maximum Gasteiger partial charge on any atom is 0.308 e. The Labute approximate surface area is 120 Å². The van der Waals surface area contributed by atoms with E-state index in [1.165, 1.54) is 0 Å². The number of thiophene rings is 1. The first-order valence-corrected chi connectivity index (χ1v) is 7.49. The molecule has 0 amide bonds. The van der Waals surface area contributed by atoms with Crippen molar-refractivity contribution >= 4 is 17.3 Å². The molecular formula is C14H16N2O3S. The summed E-state index contributed by atoms with van der Waals surface area (Å²) >= 11 is 1.61. The van der Waals surface area contributed by atoms with Gasteiger partial charge in [0.15, 0.2) is 5.76 Å². The maximum atomic E-state index is 11.1. The Bertz CT molecular complexity index is 593. The van der Waals surface area contributed by atoms with E-state index in [4.69, 9.17) is 9.63 Å². The lowest BCUT2D eigenvalue weighted by molar-refractivity contribution is -0.142. The highest BCUT2D eigenvalue weighted by Gasteiger charge is 2.35. The summed E-state index contributed by atoms with van der Waals surface area (Å²) in [6, 6.07) is 5.94. The van der Waals surface area contributed by atoms with Gasteiger partial charge in [-0.3, -0.25) is 9.69 Å². The van der Waals surface area contributed by atoms with E-state index in [1.807, 2.05) is 30.5 Å². The lowest BCUT2D eigenvalue weighted by atomic mass is 10.0. The lowest BCUT2D eigenvalue weighted by Gasteiger charge is -2.21. The minimum atomic E-state index is -0.709. The molecule has 1 saturated heterocycles. The van der Waals surface area contributed by atoms with Crippen LogP contribution in [-0.2, 0) is 11.3 Å². The molecule has 106 valence electrons. The zero-order valence-electron chi connectivity index (χ0n) is 11.2. The van der Waals surface area contributed by atoms with Crippen molar-refractivity contribution in [3.05, 3.63) is 29.3 Å². The highest BCUT2D eigenvalue weighted by molar-refractivity contribution is 7.13. The van der Waals surface area contributed by atoms with Crippen molar-refractivity contribution < 1.29 is 14.4 Å². The van der Waals surface area contributed by atoms with Crippen LogP contribution < -0.4 is 0 Å². The number of carboxylic acid groups (broad SMARTS) is 1. The number of hydrogen-bond donors (Lipinski definition) is 1. The third-order valence-electron chi connectivity index (χ3n) is 3.89. The molecule has 2 unspecified atom stereocenters. The molecule has 6 heteroatoms. The number of carboxylic acids is 1. The molecule has 0 aliphatic carbocycles. The van der Waals surface area contributed by atoms with Crippen LogP contribution in [0.3, 0.4) is 0 Å². The molecule has 0 radical (unpaired) electrons. The largest absolute Gasteiger partial charge is 0.481 e. The Hall–Kier alpha value is -1.66. The number of aromatic nitrogens is 1. The molecule has 1 aliphatic heterocycles. The smallest absolute Gasteiger partial charge is 0.308 e. The van der Waals surface area contributed by atoms with Gasteiger partial charge in [-0.15, -0.1) is 11.3 Å². The monoisotopic (exact) mass is 292 g/mol. The van der Waals surface area contributed by atoms with E-state index < -0.39 is 5.97 Å². The molecule has 0 saturated carbocycles. The Balaban J connectivity index is 1.69. The molecule has 0 aromatic carbocycles. The SMILES string of the molecule is CC1C(C(=O)O)CCN1Cc1cc(-c2cccs2)on1. The van der Waals surface area contributed by atoms with E-state index in [0.29, 0.717) is 13.0 Å². The van der Waals surface area contributed by atoms with Crippen LogP contribution in [-0.4, -0.2) is 33.7 Å². The van der Waals surface area contributed by atoms with Gasteiger partial charge in [0.2, 0.25) is 0 Å². The van der Waals surface area contributed by atoms with Gasteiger partial charge >= 0.3 is 5.97 Å². The average molecular weight is 292 g/mol. The molecule has 2 atom stereocenters. The van der Waals surface area contributed by atoms with E-state index in [0.717, 1.165) is 22.9 Å². The fourth-order valence-corrected chi connectivity index (χ4v) is 3.36. The van der Waals surface area contributed by atoms with Crippen LogP contribution in [0.2, 0.25) is 0 Å². The Morgan fingerprint density at radius 3 is 3.15 bits per heavy atom. The van der Waals surface area contributed by atoms with Gasteiger partial charge in [0.25, 0.3) is 0 Å². The van der Waals surface area contributed by atoms with Crippen LogP contribution in [0.1, 0.15) is 19.0 Å². The van der Waals surface area contributed by atoms with Gasteiger partial charge in [0.05, 0.1) is 16.5 Å². The predicted octanol–water partition coefficient (Wildman–Crippen LogP) is 2.70. The van der Waals surface area contributed by atoms with Crippen molar-refractivity contribution in [2.45, 2.75) is 25.9 Å². The van der Waals surface area contributed by atoms with E-state index in [1.54, 1.807) is 11.3 Å². The van der Waals surface area contributed by atoms with Gasteiger partial charge in [-0.25, -0.2) is 0 Å². The quantitative estimate of drug-likeness (QED) is 0.938. The van der Waals surface area contributed by atoms with Crippen molar-refractivity contribution in [3.8, 4) is 10.6 Å². The summed E-state index contributed by atoms with van der Waals surface area (Å²) in [6.45, 7) is 3.39. The first-order chi connectivity index (χ1) is 9.65. The summed E-state index contributed by atoms with van der Waals surface area (Å²) in [5, 5.41) is 15.2. The second-order valence-corrected chi connectivity index (χ2v) is 6.05. The van der Waals surface area contributed by atoms with Crippen LogP contribution in [0, 0.1) is 5.92 Å². The number of carbonyl (C=O) groups is 1. The molecule has 20 heavy (non-hydrogen) atoms. The molecule has 0 bridgehead atoms. The third-order valence-corrected chi connectivity index (χ3v) is 4.78. The number of rotatable bonds is 4. The summed E-state index contributed by atoms with van der Waals surface area (Å²) in [5.41, 5.74) is 0.853. The fraction of sp³-hybridized carbons (Fsp3) is 0.429. The van der Waals surface area contributed by atoms with Crippen LogP contribution in [0.4, 0.5) is 0 Å². The predicted molar refractivity (Wildman–Crippen MR) is 75.4 cm³/mol. The standard InChI is InChI=1S/C14H16N2O3S/c1-9-11(14(17)18)4-5-16(9)8-10-7-12(19-15-10)13-3-2-6-20-13/h2-3,6-7,9,11H,4-5,8H2,1H3,(H,17,18). The molecule has 1 N–H and O–H groups in total. The summed E-state index contributed by atoms with van der Waals surface area (Å²) < 4.78 is 5.35. The summed E-state index contributed by atoms with van der Waals surface area (Å²) in [4.78, 5) is 14.3. The molecular weight excluding hydrogens is 276 g/mol. The van der Waals surface area contributed by atoms with Crippen LogP contribution >= 0.6 is 11.3 Å². The van der Waals surface area contributed by atoms with Gasteiger partial charge in [0, 0.05) is 18.7 Å². The fourth-order valence-electron chi connectivity index (χ4n) is 2.69. The number of likely N-dealkylation sites (tertiary alicyclic amines) is 1. The minimum absolute atomic E-state index is 0.0365. The van der Waals surface area contributed by atoms with E-state index in [-0.39, 0.29) is 12.0 Å². The molecule has 1 aliphatic rings. The normalized spacial score (nSPS) is 23.2. The Morgan fingerprint density at radius 1 is 1.65 bits per heavy atom. The van der Waals surface area contributed by atoms with Crippen molar-refractivity contribution in [3.63, 3.8) is 0 Å². The van der Waals surface area contributed by atoms with Crippen molar-refractivity contribution in [1.29, 1.82) is 0 Å². The molecule has 2 aromatic rings. The van der Waals surface area contributed by atoms with Gasteiger partial charge in [0.1, 0.15) is 0 Å². The van der Waals surface area contributed by atoms with Crippen LogP contribution in [0.15, 0.2) is 28.1 Å². The number of aliphatic carboxylic acids is 1. The van der Waals surface area contributed by atoms with Gasteiger partial charge in [-0.2, -0.15) is 0 Å². The first-order valence-electron chi connectivity index (χ1n) is 6.61. The number of hydrogen-bond acceptors (Lipinski definition) is 5. The highest BCUT2D eigenvalue weighted by atomic mass is 32.1. The van der Waals surface area contributed by atoms with E-state index >= 15 is 0 Å². The lowest BCUT2D eigenvalue weighted by Crippen LogP contribution is -2.32. The molecule has 3 heterocycles. The van der Waals surface area contributed by atoms with Crippen molar-refractivity contribution in [1.82, 2.24) is 10.1 Å². The minimum Gasteiger partial charge on any atom is -0.481 e. The van der Waals surface area contributed by atoms with E-state index in [9.17, 15) is 4.79 Å². The van der Waals surface area contributed by atoms with Crippen molar-refractivity contribution in [2.75, 3.05) is 6.54 Å². The second kappa shape index (κ2) is 5.38. The van der Waals surface area contributed by atoms with Gasteiger partial charge < -0.3 is 9.63 Å². The first kappa shape index (κ1) is 13.3. The van der Waals surface area contributed by atoms with Gasteiger partial charge in [-0.05, 0) is 31.3 Å². The third kappa shape index (κ3) is 2.48. The molecule has 5 nitrogen and oxygen atoms in total. The highest BCUT2D eigenvalue weighted by Crippen LogP contribution is 2.28. The second-order valence-electron chi connectivity index (χ2n) is 5.10. The van der Waals surface area contributed by atoms with Crippen LogP contribution in [0.5, 0.6) is 0 Å². The molecule has 1 fully saturated rings. The number of nitrogens with zero attached hydrogens (tertiary/aromatic N) is 2. The van der Waals surface area contributed by atoms with Crippen molar-refractivity contribution in [2.24, 2.45) is 5.92 Å². The average Bonchev–Trinajstić information content (AvgIpc) is 3.12. The molecule has 3 rings (SSSR count). The Morgan fingerprint density at radius 2 is 2.50 bits per heavy atom. The summed E-state index contributed by atoms with van der Waals surface area (Å²) in [5.74, 6) is -0.213. The summed E-state index contributed by atoms with van der Waals surface area (Å²) in [6.07, 6.45) is 0.701. The van der Waals surface area contributed by atoms with Crippen LogP contribution in [0.25, 0.3) is 10.6 Å². The van der Waals surface area contributed by atoms with Gasteiger partial charge in [-0.1, -0.05) is 11.2 Å². The molecule has 2 aromatic heterocycles. The maximum absolute atomic E-state index is 11.1. The topological polar surface area (TPSA) is 66.6 Å². The summed E-state index contributed by atoms with van der Waals surface area (Å²) in [7, 11) is 0.